The molecule has 0 heterocycles. The van der Waals surface area contributed by atoms with Gasteiger partial charge in [0, 0.05) is 18.5 Å². The highest BCUT2D eigenvalue weighted by Gasteiger charge is 2.35. The third-order valence-corrected chi connectivity index (χ3v) is 4.88. The quantitative estimate of drug-likeness (QED) is 0.387. The first-order chi connectivity index (χ1) is 12.9. The lowest BCUT2D eigenvalue weighted by atomic mass is 9.93. The Morgan fingerprint density at radius 1 is 1.19 bits per heavy atom. The van der Waals surface area contributed by atoms with E-state index in [4.69, 9.17) is 4.74 Å². The van der Waals surface area contributed by atoms with E-state index in [0.29, 0.717) is 6.42 Å². The third-order valence-electron chi connectivity index (χ3n) is 3.81. The number of thioether (sulfide) groups is 1. The van der Waals surface area contributed by atoms with Crippen LogP contribution in [0.3, 0.4) is 0 Å². The molecule has 0 aliphatic heterocycles. The van der Waals surface area contributed by atoms with Gasteiger partial charge in [0.05, 0.1) is 25.5 Å². The number of ether oxygens (including phenoxy) is 2. The summed E-state index contributed by atoms with van der Waals surface area (Å²) >= 11 is 0.777. The van der Waals surface area contributed by atoms with Crippen molar-refractivity contribution in [1.29, 1.82) is 0 Å². The number of Topliss-reactive ketones (excluding diaryl/α,β-unsaturated/α-hetero) is 2. The first kappa shape index (κ1) is 20.5. The van der Waals surface area contributed by atoms with Gasteiger partial charge >= 0.3 is 5.97 Å². The van der Waals surface area contributed by atoms with E-state index in [1.54, 1.807) is 12.1 Å². The van der Waals surface area contributed by atoms with Gasteiger partial charge in [0.15, 0.2) is 0 Å². The van der Waals surface area contributed by atoms with Crippen molar-refractivity contribution in [2.75, 3.05) is 26.5 Å². The summed E-state index contributed by atoms with van der Waals surface area (Å²) < 4.78 is 9.65. The molecule has 2 N–H and O–H groups in total. The molecular weight excluding hydrogens is 374 g/mol. The van der Waals surface area contributed by atoms with Crippen molar-refractivity contribution in [2.45, 2.75) is 12.8 Å². The number of ketones is 2. The van der Waals surface area contributed by atoms with Crippen LogP contribution in [0.4, 0.5) is 0 Å². The molecule has 1 aromatic carbocycles. The lowest BCUT2D eigenvalue weighted by Crippen LogP contribution is -2.28. The number of benzene rings is 1. The van der Waals surface area contributed by atoms with E-state index in [-0.39, 0.29) is 52.2 Å². The number of nitrogens with one attached hydrogen (secondary N) is 1. The molecule has 0 fully saturated rings. The number of amides is 1. The van der Waals surface area contributed by atoms with Crippen LogP contribution in [-0.2, 0) is 19.1 Å². The Morgan fingerprint density at radius 2 is 1.93 bits per heavy atom. The maximum Gasteiger partial charge on any atom is 0.305 e. The summed E-state index contributed by atoms with van der Waals surface area (Å²) in [5, 5.41) is 13.1. The van der Waals surface area contributed by atoms with Crippen LogP contribution in [0.1, 0.15) is 28.8 Å². The maximum absolute atomic E-state index is 12.3. The highest BCUT2D eigenvalue weighted by Crippen LogP contribution is 2.38. The smallest absolute Gasteiger partial charge is 0.305 e. The number of allylic oxidation sites excluding steroid dienone is 1. The zero-order valence-electron chi connectivity index (χ0n) is 14.9. The molecule has 9 heteroatoms. The summed E-state index contributed by atoms with van der Waals surface area (Å²) in [5.74, 6) is -2.67. The van der Waals surface area contributed by atoms with Gasteiger partial charge in [-0.15, -0.1) is 11.8 Å². The SMILES string of the molecule is COC(=O)CCCNC(=O)CSC1=C(O)c2c(OC)cccc2C(=O)C1=O. The number of hydrogen-bond acceptors (Lipinski definition) is 8. The first-order valence-corrected chi connectivity index (χ1v) is 9.05. The predicted octanol–water partition coefficient (Wildman–Crippen LogP) is 1.49. The van der Waals surface area contributed by atoms with E-state index >= 15 is 0 Å². The summed E-state index contributed by atoms with van der Waals surface area (Å²) in [6, 6.07) is 4.55. The molecule has 0 aromatic heterocycles. The molecule has 0 radical (unpaired) electrons. The lowest BCUT2D eigenvalue weighted by Gasteiger charge is -2.19. The first-order valence-electron chi connectivity index (χ1n) is 8.06. The molecule has 0 bridgehead atoms. The standard InChI is InChI=1S/C18H19NO7S/c1-25-11-6-3-5-10-14(11)16(23)18(17(24)15(10)22)27-9-12(20)19-8-4-7-13(21)26-2/h3,5-6,23H,4,7-9H2,1-2H3,(H,19,20). The van der Waals surface area contributed by atoms with Crippen molar-refractivity contribution in [3.63, 3.8) is 0 Å². The van der Waals surface area contributed by atoms with Gasteiger partial charge in [0.1, 0.15) is 16.4 Å². The molecule has 1 amide bonds. The Balaban J connectivity index is 2.05. The molecule has 0 saturated carbocycles. The fraction of sp³-hybridized carbons (Fsp3) is 0.333. The van der Waals surface area contributed by atoms with E-state index in [1.807, 2.05) is 0 Å². The number of methoxy groups -OCH3 is 2. The molecular formula is C18H19NO7S. The van der Waals surface area contributed by atoms with Crippen LogP contribution in [0.15, 0.2) is 23.1 Å². The second-order valence-corrected chi connectivity index (χ2v) is 6.52. The van der Waals surface area contributed by atoms with Crippen LogP contribution in [0.5, 0.6) is 5.75 Å². The number of rotatable bonds is 8. The minimum absolute atomic E-state index is 0.0634. The lowest BCUT2D eigenvalue weighted by molar-refractivity contribution is -0.140. The van der Waals surface area contributed by atoms with E-state index < -0.39 is 17.5 Å². The van der Waals surface area contributed by atoms with Crippen LogP contribution in [0.2, 0.25) is 0 Å². The van der Waals surface area contributed by atoms with Crippen LogP contribution in [0.25, 0.3) is 5.76 Å². The van der Waals surface area contributed by atoms with Crippen molar-refractivity contribution in [3.05, 3.63) is 34.2 Å². The average Bonchev–Trinajstić information content (AvgIpc) is 2.68. The largest absolute Gasteiger partial charge is 0.506 e. The van der Waals surface area contributed by atoms with Gasteiger partial charge in [-0.3, -0.25) is 19.2 Å². The molecule has 0 unspecified atom stereocenters. The molecule has 0 saturated heterocycles. The Hall–Kier alpha value is -2.81. The third kappa shape index (κ3) is 4.68. The van der Waals surface area contributed by atoms with Crippen molar-refractivity contribution >= 4 is 41.0 Å². The van der Waals surface area contributed by atoms with E-state index in [9.17, 15) is 24.3 Å². The fourth-order valence-electron chi connectivity index (χ4n) is 2.47. The van der Waals surface area contributed by atoms with Gasteiger partial charge < -0.3 is 19.9 Å². The van der Waals surface area contributed by atoms with Crippen LogP contribution in [0, 0.1) is 0 Å². The summed E-state index contributed by atoms with van der Waals surface area (Å²) in [6.07, 6.45) is 0.596. The monoisotopic (exact) mass is 393 g/mol. The molecule has 1 aromatic rings. The van der Waals surface area contributed by atoms with Crippen LogP contribution >= 0.6 is 11.8 Å². The molecule has 8 nitrogen and oxygen atoms in total. The second-order valence-electron chi connectivity index (χ2n) is 5.54. The molecule has 144 valence electrons. The summed E-state index contributed by atoms with van der Waals surface area (Å²) in [7, 11) is 2.67. The number of aliphatic hydroxyl groups is 1. The van der Waals surface area contributed by atoms with E-state index in [1.165, 1.54) is 20.3 Å². The number of fused-ring (bicyclic) bond motifs is 1. The minimum atomic E-state index is -0.864. The molecule has 2 rings (SSSR count). The van der Waals surface area contributed by atoms with Gasteiger partial charge in [-0.05, 0) is 18.6 Å². The average molecular weight is 393 g/mol. The summed E-state index contributed by atoms with van der Waals surface area (Å²) in [4.78, 5) is 47.2. The highest BCUT2D eigenvalue weighted by atomic mass is 32.2. The highest BCUT2D eigenvalue weighted by molar-refractivity contribution is 8.04. The minimum Gasteiger partial charge on any atom is -0.506 e. The van der Waals surface area contributed by atoms with Gasteiger partial charge in [0.2, 0.25) is 17.5 Å². The van der Waals surface area contributed by atoms with Gasteiger partial charge in [-0.25, -0.2) is 0 Å². The Labute approximate surface area is 159 Å². The van der Waals surface area contributed by atoms with Gasteiger partial charge in [-0.1, -0.05) is 6.07 Å². The summed E-state index contributed by atoms with van der Waals surface area (Å²) in [6.45, 7) is 0.267. The van der Waals surface area contributed by atoms with Crippen molar-refractivity contribution in [3.8, 4) is 5.75 Å². The maximum atomic E-state index is 12.3. The van der Waals surface area contributed by atoms with Crippen molar-refractivity contribution in [2.24, 2.45) is 0 Å². The molecule has 0 atom stereocenters. The Bertz CT molecular complexity index is 816. The normalized spacial score (nSPS) is 13.3. The van der Waals surface area contributed by atoms with E-state index in [0.717, 1.165) is 11.8 Å². The van der Waals surface area contributed by atoms with Crippen molar-refractivity contribution < 1.29 is 33.8 Å². The molecule has 27 heavy (non-hydrogen) atoms. The summed E-state index contributed by atoms with van der Waals surface area (Å²) in [5.41, 5.74) is 0.207. The van der Waals surface area contributed by atoms with Crippen LogP contribution < -0.4 is 10.1 Å². The topological polar surface area (TPSA) is 119 Å². The Morgan fingerprint density at radius 3 is 2.59 bits per heavy atom. The van der Waals surface area contributed by atoms with Gasteiger partial charge in [-0.2, -0.15) is 0 Å². The number of carbonyl (C=O) groups is 4. The number of hydrogen-bond donors (Lipinski definition) is 2. The number of carbonyl (C=O) groups excluding carboxylic acids is 4. The van der Waals surface area contributed by atoms with E-state index in [2.05, 4.69) is 10.1 Å². The zero-order valence-corrected chi connectivity index (χ0v) is 15.7. The van der Waals surface area contributed by atoms with Crippen molar-refractivity contribution in [1.82, 2.24) is 5.32 Å². The predicted molar refractivity (Wildman–Crippen MR) is 98.6 cm³/mol. The zero-order chi connectivity index (χ0) is 20.0. The molecule has 0 spiro atoms. The molecule has 1 aliphatic rings. The molecule has 1 aliphatic carbocycles. The number of esters is 1. The van der Waals surface area contributed by atoms with Crippen LogP contribution in [-0.4, -0.2) is 55.1 Å². The fourth-order valence-corrected chi connectivity index (χ4v) is 3.31. The Kier molecular flexibility index (Phi) is 7.00. The second kappa shape index (κ2) is 9.22. The number of aliphatic hydroxyl groups excluding tert-OH is 1. The van der Waals surface area contributed by atoms with Gasteiger partial charge in [0.25, 0.3) is 0 Å².